The first-order chi connectivity index (χ1) is 34.5. The first kappa shape index (κ1) is 68.1. The summed E-state index contributed by atoms with van der Waals surface area (Å²) in [5.41, 5.74) is 0. The quantitative estimate of drug-likeness (QED) is 0.0321. The van der Waals surface area contributed by atoms with Crippen LogP contribution in [-0.2, 0) is 14.3 Å². The molecular weight excluding hydrogens is 863 g/mol. The number of aliphatic hydroxyl groups is 2. The van der Waals surface area contributed by atoms with Crippen LogP contribution in [0.5, 0.6) is 0 Å². The number of hydrogen-bond donors (Lipinski definition) is 3. The van der Waals surface area contributed by atoms with E-state index in [1.165, 1.54) is 250 Å². The van der Waals surface area contributed by atoms with Gasteiger partial charge in [0.25, 0.3) is 0 Å². The number of unbranched alkanes of at least 4 members (excludes halogenated alkanes) is 41. The largest absolute Gasteiger partial charge is 0.466 e. The topological polar surface area (TPSA) is 95.9 Å². The monoisotopic (exact) mass is 984 g/mol. The Hall–Kier alpha value is -1.92. The summed E-state index contributed by atoms with van der Waals surface area (Å²) >= 11 is 0. The second-order valence-corrected chi connectivity index (χ2v) is 21.4. The van der Waals surface area contributed by atoms with Crippen molar-refractivity contribution < 1.29 is 24.5 Å². The Kier molecular flexibility index (Phi) is 58.0. The van der Waals surface area contributed by atoms with Crippen molar-refractivity contribution in [1.29, 1.82) is 0 Å². The first-order valence-corrected chi connectivity index (χ1v) is 31.2. The average Bonchev–Trinajstić information content (AvgIpc) is 3.36. The molecule has 0 fully saturated rings. The van der Waals surface area contributed by atoms with E-state index in [0.717, 1.165) is 51.4 Å². The predicted octanol–water partition coefficient (Wildman–Crippen LogP) is 19.6. The minimum atomic E-state index is -0.663. The normalized spacial score (nSPS) is 12.8. The lowest BCUT2D eigenvalue weighted by atomic mass is 10.0. The molecule has 0 saturated carbocycles. The summed E-state index contributed by atoms with van der Waals surface area (Å²) in [6.07, 6.45) is 74.5. The molecule has 3 N–H and O–H groups in total. The van der Waals surface area contributed by atoms with E-state index in [1.54, 1.807) is 0 Å². The molecule has 0 aliphatic carbocycles. The second-order valence-electron chi connectivity index (χ2n) is 21.4. The van der Waals surface area contributed by atoms with E-state index in [0.29, 0.717) is 25.9 Å². The summed E-state index contributed by atoms with van der Waals surface area (Å²) in [7, 11) is 0. The second kappa shape index (κ2) is 59.6. The highest BCUT2D eigenvalue weighted by atomic mass is 16.5. The van der Waals surface area contributed by atoms with Gasteiger partial charge in [-0.25, -0.2) is 0 Å². The van der Waals surface area contributed by atoms with Crippen molar-refractivity contribution in [2.24, 2.45) is 0 Å². The molecule has 0 heterocycles. The van der Waals surface area contributed by atoms with Gasteiger partial charge in [0.05, 0.1) is 25.4 Å². The highest BCUT2D eigenvalue weighted by Crippen LogP contribution is 2.17. The van der Waals surface area contributed by atoms with Crippen LogP contribution < -0.4 is 5.32 Å². The molecule has 0 aromatic rings. The number of amides is 1. The predicted molar refractivity (Wildman–Crippen MR) is 306 cm³/mol. The zero-order valence-electron chi connectivity index (χ0n) is 47.0. The minimum Gasteiger partial charge on any atom is -0.466 e. The van der Waals surface area contributed by atoms with Crippen LogP contribution in [0.15, 0.2) is 36.5 Å². The molecule has 0 spiro atoms. The lowest BCUT2D eigenvalue weighted by Gasteiger charge is -2.22. The van der Waals surface area contributed by atoms with Gasteiger partial charge in [0.2, 0.25) is 5.91 Å². The van der Waals surface area contributed by atoms with Crippen LogP contribution in [0.1, 0.15) is 335 Å². The molecule has 0 bridgehead atoms. The molecule has 0 rings (SSSR count). The molecule has 2 unspecified atom stereocenters. The van der Waals surface area contributed by atoms with Crippen LogP contribution in [0.3, 0.4) is 0 Å². The maximum atomic E-state index is 12.4. The molecule has 0 aliphatic heterocycles. The molecule has 0 aromatic carbocycles. The van der Waals surface area contributed by atoms with Gasteiger partial charge in [0.15, 0.2) is 0 Å². The molecule has 0 aliphatic rings. The zero-order valence-corrected chi connectivity index (χ0v) is 47.0. The number of aliphatic hydroxyl groups excluding tert-OH is 2. The number of esters is 1. The standard InChI is InChI=1S/C64H121NO5/c1-3-5-7-9-11-13-15-16-34-38-42-46-50-54-58-64(69)70-59-55-51-47-43-39-35-32-30-28-26-24-22-20-18-17-19-21-23-25-27-29-31-33-37-41-45-49-53-57-63(68)65-61(60-66)62(67)56-52-48-44-40-36-14-12-10-8-6-4-2/h9,11,15-18,61-62,66-67H,3-8,10,12-14,19-60H2,1-2H3,(H,65,68)/b11-9-,16-15-,18-17-. The third-order valence-corrected chi connectivity index (χ3v) is 14.4. The Balaban J connectivity index is 3.36. The lowest BCUT2D eigenvalue weighted by Crippen LogP contribution is -2.45. The van der Waals surface area contributed by atoms with Gasteiger partial charge >= 0.3 is 5.97 Å². The highest BCUT2D eigenvalue weighted by Gasteiger charge is 2.20. The third kappa shape index (κ3) is 55.4. The van der Waals surface area contributed by atoms with Crippen molar-refractivity contribution in [3.8, 4) is 0 Å². The smallest absolute Gasteiger partial charge is 0.305 e. The maximum absolute atomic E-state index is 12.4. The summed E-state index contributed by atoms with van der Waals surface area (Å²) < 4.78 is 5.47. The summed E-state index contributed by atoms with van der Waals surface area (Å²) in [5, 5.41) is 23.2. The van der Waals surface area contributed by atoms with Crippen molar-refractivity contribution in [2.75, 3.05) is 13.2 Å². The van der Waals surface area contributed by atoms with E-state index < -0.39 is 12.1 Å². The Morgan fingerprint density at radius 1 is 0.400 bits per heavy atom. The molecule has 1 amide bonds. The van der Waals surface area contributed by atoms with Gasteiger partial charge in [0, 0.05) is 12.8 Å². The summed E-state index contributed by atoms with van der Waals surface area (Å²) in [6, 6.07) is -0.540. The van der Waals surface area contributed by atoms with E-state index in [2.05, 4.69) is 55.6 Å². The van der Waals surface area contributed by atoms with Gasteiger partial charge in [-0.15, -0.1) is 0 Å². The maximum Gasteiger partial charge on any atom is 0.305 e. The van der Waals surface area contributed by atoms with Crippen molar-refractivity contribution in [2.45, 2.75) is 347 Å². The van der Waals surface area contributed by atoms with Crippen molar-refractivity contribution in [3.63, 3.8) is 0 Å². The fourth-order valence-corrected chi connectivity index (χ4v) is 9.59. The Morgan fingerprint density at radius 3 is 1.14 bits per heavy atom. The lowest BCUT2D eigenvalue weighted by molar-refractivity contribution is -0.143. The molecule has 6 heteroatoms. The Labute approximate surface area is 436 Å². The minimum absolute atomic E-state index is 0.00104. The van der Waals surface area contributed by atoms with E-state index in [4.69, 9.17) is 4.74 Å². The first-order valence-electron chi connectivity index (χ1n) is 31.2. The molecule has 2 atom stereocenters. The summed E-state index contributed by atoms with van der Waals surface area (Å²) in [4.78, 5) is 24.5. The van der Waals surface area contributed by atoms with Crippen LogP contribution in [-0.4, -0.2) is 47.4 Å². The van der Waals surface area contributed by atoms with Crippen molar-refractivity contribution in [1.82, 2.24) is 5.32 Å². The van der Waals surface area contributed by atoms with Crippen molar-refractivity contribution in [3.05, 3.63) is 36.5 Å². The Bertz CT molecular complexity index is 1130. The molecule has 0 saturated heterocycles. The van der Waals surface area contributed by atoms with Gasteiger partial charge < -0.3 is 20.3 Å². The van der Waals surface area contributed by atoms with Crippen LogP contribution in [0.2, 0.25) is 0 Å². The molecule has 0 aromatic heterocycles. The number of rotatable bonds is 58. The number of hydrogen-bond acceptors (Lipinski definition) is 5. The number of carbonyl (C=O) groups excluding carboxylic acids is 2. The van der Waals surface area contributed by atoms with Crippen LogP contribution in [0.25, 0.3) is 0 Å². The van der Waals surface area contributed by atoms with E-state index in [9.17, 15) is 19.8 Å². The van der Waals surface area contributed by atoms with Crippen LogP contribution in [0, 0.1) is 0 Å². The van der Waals surface area contributed by atoms with E-state index in [-0.39, 0.29) is 18.5 Å². The summed E-state index contributed by atoms with van der Waals surface area (Å²) in [6.45, 7) is 4.91. The van der Waals surface area contributed by atoms with Crippen molar-refractivity contribution >= 4 is 11.9 Å². The number of ether oxygens (including phenoxy) is 1. The highest BCUT2D eigenvalue weighted by molar-refractivity contribution is 5.76. The molecule has 0 radical (unpaired) electrons. The average molecular weight is 985 g/mol. The molecule has 70 heavy (non-hydrogen) atoms. The third-order valence-electron chi connectivity index (χ3n) is 14.4. The summed E-state index contributed by atoms with van der Waals surface area (Å²) in [5.74, 6) is -0.0343. The van der Waals surface area contributed by atoms with Crippen LogP contribution >= 0.6 is 0 Å². The molecule has 412 valence electrons. The van der Waals surface area contributed by atoms with Crippen LogP contribution in [0.4, 0.5) is 0 Å². The SMILES string of the molecule is CCCC/C=C\C/C=C\CCCCCCCC(=O)OCCCCCCCCCCCCCC/C=C\CCCCCCCCCCCCCCC(=O)NC(CO)C(O)CCCCCCCCCCCCC. The van der Waals surface area contributed by atoms with Gasteiger partial charge in [-0.3, -0.25) is 9.59 Å². The fourth-order valence-electron chi connectivity index (χ4n) is 9.59. The molecular formula is C64H121NO5. The number of nitrogens with one attached hydrogen (secondary N) is 1. The van der Waals surface area contributed by atoms with E-state index in [1.807, 2.05) is 0 Å². The van der Waals surface area contributed by atoms with E-state index >= 15 is 0 Å². The Morgan fingerprint density at radius 2 is 0.729 bits per heavy atom. The van der Waals surface area contributed by atoms with Gasteiger partial charge in [-0.2, -0.15) is 0 Å². The number of allylic oxidation sites excluding steroid dienone is 6. The fraction of sp³-hybridized carbons (Fsp3) is 0.875. The van der Waals surface area contributed by atoms with Gasteiger partial charge in [0.1, 0.15) is 0 Å². The molecule has 6 nitrogen and oxygen atoms in total. The van der Waals surface area contributed by atoms with Gasteiger partial charge in [-0.1, -0.05) is 281 Å². The number of carbonyl (C=O) groups is 2. The van der Waals surface area contributed by atoms with Gasteiger partial charge in [-0.05, 0) is 77.0 Å². The zero-order chi connectivity index (χ0) is 50.7.